The van der Waals surface area contributed by atoms with E-state index in [4.69, 9.17) is 5.11 Å². The summed E-state index contributed by atoms with van der Waals surface area (Å²) in [7, 11) is 0. The van der Waals surface area contributed by atoms with E-state index in [9.17, 15) is 14.4 Å². The van der Waals surface area contributed by atoms with Crippen LogP contribution in [0.3, 0.4) is 0 Å². The number of hydrogen-bond donors (Lipinski definition) is 2. The molecule has 6 nitrogen and oxygen atoms in total. The third-order valence-corrected chi connectivity index (χ3v) is 3.45. The number of carbonyl (C=O) groups excluding carboxylic acids is 2. The van der Waals surface area contributed by atoms with Crippen molar-refractivity contribution in [2.45, 2.75) is 32.2 Å². The molecule has 2 rings (SSSR count). The van der Waals surface area contributed by atoms with Crippen LogP contribution in [0, 0.1) is 5.41 Å². The van der Waals surface area contributed by atoms with E-state index in [0.29, 0.717) is 32.4 Å². The van der Waals surface area contributed by atoms with Crippen molar-refractivity contribution in [3.05, 3.63) is 0 Å². The molecular weight excluding hydrogens is 224 g/mol. The molecule has 2 fully saturated rings. The molecule has 6 heteroatoms. The van der Waals surface area contributed by atoms with Gasteiger partial charge in [0, 0.05) is 26.1 Å². The maximum absolute atomic E-state index is 12.0. The summed E-state index contributed by atoms with van der Waals surface area (Å²) in [4.78, 5) is 35.5. The van der Waals surface area contributed by atoms with Crippen LogP contribution in [-0.2, 0) is 14.4 Å². The molecule has 94 valence electrons. The fourth-order valence-electron chi connectivity index (χ4n) is 2.30. The lowest BCUT2D eigenvalue weighted by atomic mass is 10.1. The van der Waals surface area contributed by atoms with Crippen LogP contribution < -0.4 is 5.32 Å². The summed E-state index contributed by atoms with van der Waals surface area (Å²) in [5.41, 5.74) is -1.16. The molecule has 2 aliphatic rings. The van der Waals surface area contributed by atoms with Gasteiger partial charge >= 0.3 is 5.97 Å². The molecule has 2 N–H and O–H groups in total. The number of likely N-dealkylation sites (tertiary alicyclic amines) is 1. The summed E-state index contributed by atoms with van der Waals surface area (Å²) in [5.74, 6) is -1.44. The molecule has 17 heavy (non-hydrogen) atoms. The Hall–Kier alpha value is -1.59. The van der Waals surface area contributed by atoms with E-state index in [1.165, 1.54) is 6.92 Å². The van der Waals surface area contributed by atoms with Gasteiger partial charge in [0.25, 0.3) is 0 Å². The topological polar surface area (TPSA) is 86.7 Å². The Kier molecular flexibility index (Phi) is 2.81. The molecule has 1 aliphatic heterocycles. The number of carboxylic acid groups (broad SMARTS) is 1. The molecule has 0 bridgehead atoms. The molecular formula is C11H16N2O4. The molecule has 1 aliphatic carbocycles. The maximum Gasteiger partial charge on any atom is 0.319 e. The first kappa shape index (κ1) is 11.9. The number of amides is 2. The monoisotopic (exact) mass is 240 g/mol. The number of carbonyl (C=O) groups is 3. The second-order valence-corrected chi connectivity index (χ2v) is 4.82. The molecule has 2 amide bonds. The van der Waals surface area contributed by atoms with Crippen molar-refractivity contribution < 1.29 is 19.5 Å². The highest BCUT2D eigenvalue weighted by Crippen LogP contribution is 2.47. The minimum Gasteiger partial charge on any atom is -0.480 e. The Morgan fingerprint density at radius 1 is 1.35 bits per heavy atom. The van der Waals surface area contributed by atoms with Crippen molar-refractivity contribution in [1.29, 1.82) is 0 Å². The number of aliphatic carboxylic acids is 1. The molecule has 1 saturated carbocycles. The van der Waals surface area contributed by atoms with Gasteiger partial charge in [0.05, 0.1) is 0 Å². The number of carboxylic acids is 1. The van der Waals surface area contributed by atoms with Gasteiger partial charge in [-0.05, 0) is 19.3 Å². The third kappa shape index (κ3) is 2.11. The third-order valence-electron chi connectivity index (χ3n) is 3.45. The van der Waals surface area contributed by atoms with Gasteiger partial charge in [0.15, 0.2) is 0 Å². The van der Waals surface area contributed by atoms with Crippen molar-refractivity contribution in [2.24, 2.45) is 5.41 Å². The first-order valence-electron chi connectivity index (χ1n) is 5.75. The summed E-state index contributed by atoms with van der Waals surface area (Å²) >= 11 is 0. The summed E-state index contributed by atoms with van der Waals surface area (Å²) in [5, 5.41) is 11.8. The summed E-state index contributed by atoms with van der Waals surface area (Å²) in [6, 6.07) is -0.0407. The standard InChI is InChI=1S/C11H16N2O4/c1-7(14)12-8-2-5-13(6-8)9(15)11(3-4-11)10(16)17/h8H,2-6H2,1H3,(H,12,14)(H,16,17). The van der Waals surface area contributed by atoms with Crippen LogP contribution in [0.4, 0.5) is 0 Å². The van der Waals surface area contributed by atoms with Crippen LogP contribution in [0.15, 0.2) is 0 Å². The Balaban J connectivity index is 1.95. The van der Waals surface area contributed by atoms with Crippen LogP contribution in [0.5, 0.6) is 0 Å². The number of rotatable bonds is 3. The van der Waals surface area contributed by atoms with Gasteiger partial charge in [-0.15, -0.1) is 0 Å². The Morgan fingerprint density at radius 2 is 2.00 bits per heavy atom. The second kappa shape index (κ2) is 4.01. The van der Waals surface area contributed by atoms with Crippen molar-refractivity contribution in [2.75, 3.05) is 13.1 Å². The average molecular weight is 240 g/mol. The zero-order chi connectivity index (χ0) is 12.6. The second-order valence-electron chi connectivity index (χ2n) is 4.82. The SMILES string of the molecule is CC(=O)NC1CCN(C(=O)C2(C(=O)O)CC2)C1. The largest absolute Gasteiger partial charge is 0.480 e. The van der Waals surface area contributed by atoms with E-state index in [2.05, 4.69) is 5.32 Å². The van der Waals surface area contributed by atoms with Gasteiger partial charge in [-0.2, -0.15) is 0 Å². The Labute approximate surface area is 99.0 Å². The van der Waals surface area contributed by atoms with E-state index in [-0.39, 0.29) is 17.9 Å². The highest BCUT2D eigenvalue weighted by Gasteiger charge is 2.59. The van der Waals surface area contributed by atoms with Crippen molar-refractivity contribution >= 4 is 17.8 Å². The normalized spacial score (nSPS) is 25.5. The van der Waals surface area contributed by atoms with Crippen molar-refractivity contribution in [3.63, 3.8) is 0 Å². The van der Waals surface area contributed by atoms with Crippen molar-refractivity contribution in [1.82, 2.24) is 10.2 Å². The van der Waals surface area contributed by atoms with E-state index >= 15 is 0 Å². The van der Waals surface area contributed by atoms with Gasteiger partial charge in [-0.3, -0.25) is 14.4 Å². The fourth-order valence-corrected chi connectivity index (χ4v) is 2.30. The van der Waals surface area contributed by atoms with Gasteiger partial charge in [-0.1, -0.05) is 0 Å². The van der Waals surface area contributed by atoms with Crippen LogP contribution >= 0.6 is 0 Å². The molecule has 1 heterocycles. The molecule has 0 aromatic carbocycles. The summed E-state index contributed by atoms with van der Waals surface area (Å²) in [6.07, 6.45) is 1.56. The fraction of sp³-hybridized carbons (Fsp3) is 0.727. The zero-order valence-electron chi connectivity index (χ0n) is 9.73. The predicted molar refractivity (Wildman–Crippen MR) is 58.1 cm³/mol. The van der Waals surface area contributed by atoms with E-state index in [1.807, 2.05) is 0 Å². The lowest BCUT2D eigenvalue weighted by Gasteiger charge is -2.20. The van der Waals surface area contributed by atoms with Crippen LogP contribution in [-0.4, -0.2) is 46.9 Å². The Morgan fingerprint density at radius 3 is 2.47 bits per heavy atom. The minimum atomic E-state index is -1.16. The van der Waals surface area contributed by atoms with Crippen LogP contribution in [0.2, 0.25) is 0 Å². The van der Waals surface area contributed by atoms with E-state index < -0.39 is 11.4 Å². The molecule has 1 atom stereocenters. The molecule has 0 aromatic heterocycles. The van der Waals surface area contributed by atoms with Crippen molar-refractivity contribution in [3.8, 4) is 0 Å². The van der Waals surface area contributed by atoms with E-state index in [1.54, 1.807) is 4.90 Å². The average Bonchev–Trinajstić information content (AvgIpc) is 2.93. The van der Waals surface area contributed by atoms with Gasteiger partial charge < -0.3 is 15.3 Å². The van der Waals surface area contributed by atoms with Crippen LogP contribution in [0.25, 0.3) is 0 Å². The number of nitrogens with one attached hydrogen (secondary N) is 1. The quantitative estimate of drug-likeness (QED) is 0.656. The van der Waals surface area contributed by atoms with Gasteiger partial charge in [0.1, 0.15) is 5.41 Å². The maximum atomic E-state index is 12.0. The molecule has 1 saturated heterocycles. The highest BCUT2D eigenvalue weighted by molar-refractivity contribution is 6.04. The summed E-state index contributed by atoms with van der Waals surface area (Å²) in [6.45, 7) is 2.39. The highest BCUT2D eigenvalue weighted by atomic mass is 16.4. The molecule has 0 radical (unpaired) electrons. The van der Waals surface area contributed by atoms with Gasteiger partial charge in [0.2, 0.25) is 11.8 Å². The smallest absolute Gasteiger partial charge is 0.319 e. The van der Waals surface area contributed by atoms with Gasteiger partial charge in [-0.25, -0.2) is 0 Å². The van der Waals surface area contributed by atoms with Crippen LogP contribution in [0.1, 0.15) is 26.2 Å². The predicted octanol–water partition coefficient (Wildman–Crippen LogP) is -0.412. The lowest BCUT2D eigenvalue weighted by Crippen LogP contribution is -2.42. The molecule has 0 spiro atoms. The number of hydrogen-bond acceptors (Lipinski definition) is 3. The lowest BCUT2D eigenvalue weighted by molar-refractivity contribution is -0.153. The first-order valence-corrected chi connectivity index (χ1v) is 5.75. The molecule has 1 unspecified atom stereocenters. The van der Waals surface area contributed by atoms with E-state index in [0.717, 1.165) is 0 Å². The number of nitrogens with zero attached hydrogens (tertiary/aromatic N) is 1. The molecule has 0 aromatic rings. The minimum absolute atomic E-state index is 0.0407. The zero-order valence-corrected chi connectivity index (χ0v) is 9.73. The summed E-state index contributed by atoms with van der Waals surface area (Å²) < 4.78 is 0. The first-order chi connectivity index (χ1) is 7.95. The Bertz CT molecular complexity index is 376.